The molecule has 0 aliphatic heterocycles. The van der Waals surface area contributed by atoms with E-state index in [1.807, 2.05) is 0 Å². The van der Waals surface area contributed by atoms with E-state index in [0.717, 1.165) is 11.3 Å². The van der Waals surface area contributed by atoms with Gasteiger partial charge in [-0.2, -0.15) is 0 Å². The zero-order valence-corrected chi connectivity index (χ0v) is 12.7. The first-order valence-electron chi connectivity index (χ1n) is 6.65. The highest BCUT2D eigenvalue weighted by Crippen LogP contribution is 2.36. The van der Waals surface area contributed by atoms with Crippen LogP contribution >= 0.6 is 0 Å². The predicted octanol–water partition coefficient (Wildman–Crippen LogP) is 3.36. The minimum atomic E-state index is -0.0482. The molecule has 114 valence electrons. The van der Waals surface area contributed by atoms with E-state index in [0.29, 0.717) is 17.1 Å². The number of benzene rings is 2. The molecule has 0 aliphatic rings. The van der Waals surface area contributed by atoms with E-state index in [4.69, 9.17) is 9.47 Å². The van der Waals surface area contributed by atoms with Crippen molar-refractivity contribution in [2.45, 2.75) is 6.92 Å². The summed E-state index contributed by atoms with van der Waals surface area (Å²) in [6, 6.07) is 10.3. The van der Waals surface area contributed by atoms with Crippen molar-refractivity contribution in [2.75, 3.05) is 14.2 Å². The van der Waals surface area contributed by atoms with Gasteiger partial charge in [-0.25, -0.2) is 0 Å². The van der Waals surface area contributed by atoms with Crippen molar-refractivity contribution in [3.8, 4) is 17.2 Å². The zero-order valence-electron chi connectivity index (χ0n) is 12.7. The standard InChI is InChI=1S/C17H17NO4/c1-11(19)13-4-6-14(7-5-13)18-10-12-8-15(21-2)17(20)16(9-12)22-3/h4-10,20H,1-3H3. The Bertz CT molecular complexity index is 680. The molecule has 0 fully saturated rings. The van der Waals surface area contributed by atoms with E-state index in [1.165, 1.54) is 21.1 Å². The zero-order chi connectivity index (χ0) is 16.1. The lowest BCUT2D eigenvalue weighted by atomic mass is 10.1. The number of aliphatic imine (C=N–C) groups is 1. The lowest BCUT2D eigenvalue weighted by Crippen LogP contribution is -1.92. The Morgan fingerprint density at radius 2 is 1.64 bits per heavy atom. The third-order valence-corrected chi connectivity index (χ3v) is 3.14. The Hall–Kier alpha value is -2.82. The summed E-state index contributed by atoms with van der Waals surface area (Å²) in [5.74, 6) is 0.594. The molecule has 0 saturated heterocycles. The Morgan fingerprint density at radius 1 is 1.09 bits per heavy atom. The van der Waals surface area contributed by atoms with Crippen LogP contribution in [-0.4, -0.2) is 31.3 Å². The fourth-order valence-corrected chi connectivity index (χ4v) is 1.92. The third-order valence-electron chi connectivity index (χ3n) is 3.14. The lowest BCUT2D eigenvalue weighted by molar-refractivity contribution is 0.101. The summed E-state index contributed by atoms with van der Waals surface area (Å²) in [4.78, 5) is 15.5. The van der Waals surface area contributed by atoms with Crippen molar-refractivity contribution in [3.05, 3.63) is 47.5 Å². The van der Waals surface area contributed by atoms with Crippen LogP contribution in [0.1, 0.15) is 22.8 Å². The second kappa shape index (κ2) is 6.76. The number of nitrogens with zero attached hydrogens (tertiary/aromatic N) is 1. The van der Waals surface area contributed by atoms with Crippen molar-refractivity contribution in [2.24, 2.45) is 4.99 Å². The molecule has 0 saturated carbocycles. The third kappa shape index (κ3) is 3.44. The highest BCUT2D eigenvalue weighted by molar-refractivity contribution is 5.94. The van der Waals surface area contributed by atoms with E-state index in [2.05, 4.69) is 4.99 Å². The minimum Gasteiger partial charge on any atom is -0.502 e. The summed E-state index contributed by atoms with van der Waals surface area (Å²) in [6.45, 7) is 1.52. The molecule has 0 aromatic heterocycles. The second-order valence-electron chi connectivity index (χ2n) is 4.64. The van der Waals surface area contributed by atoms with Gasteiger partial charge in [0, 0.05) is 17.3 Å². The molecule has 1 N–H and O–H groups in total. The highest BCUT2D eigenvalue weighted by Gasteiger charge is 2.10. The number of aromatic hydroxyl groups is 1. The monoisotopic (exact) mass is 299 g/mol. The van der Waals surface area contributed by atoms with Gasteiger partial charge in [0.25, 0.3) is 0 Å². The molecule has 0 heterocycles. The summed E-state index contributed by atoms with van der Waals surface area (Å²) >= 11 is 0. The molecule has 0 bridgehead atoms. The summed E-state index contributed by atoms with van der Waals surface area (Å²) in [5.41, 5.74) is 2.09. The van der Waals surface area contributed by atoms with Crippen LogP contribution in [0.2, 0.25) is 0 Å². The van der Waals surface area contributed by atoms with Gasteiger partial charge in [-0.15, -0.1) is 0 Å². The first kappa shape index (κ1) is 15.6. The van der Waals surface area contributed by atoms with Gasteiger partial charge >= 0.3 is 0 Å². The first-order chi connectivity index (χ1) is 10.5. The van der Waals surface area contributed by atoms with Gasteiger partial charge < -0.3 is 14.6 Å². The Morgan fingerprint density at radius 3 is 2.09 bits per heavy atom. The molecule has 2 aromatic rings. The molecule has 5 heteroatoms. The molecule has 0 atom stereocenters. The second-order valence-corrected chi connectivity index (χ2v) is 4.64. The predicted molar refractivity (Wildman–Crippen MR) is 84.9 cm³/mol. The molecular formula is C17H17NO4. The van der Waals surface area contributed by atoms with E-state index in [1.54, 1.807) is 42.6 Å². The average Bonchev–Trinajstić information content (AvgIpc) is 2.54. The summed E-state index contributed by atoms with van der Waals surface area (Å²) in [6.07, 6.45) is 1.63. The van der Waals surface area contributed by atoms with E-state index >= 15 is 0 Å². The number of Topliss-reactive ketones (excluding diaryl/α,β-unsaturated/α-hetero) is 1. The Kier molecular flexibility index (Phi) is 4.78. The number of ether oxygens (including phenoxy) is 2. The Balaban J connectivity index is 2.27. The van der Waals surface area contributed by atoms with E-state index < -0.39 is 0 Å². The van der Waals surface area contributed by atoms with E-state index in [9.17, 15) is 9.90 Å². The van der Waals surface area contributed by atoms with Crippen LogP contribution in [0.4, 0.5) is 5.69 Å². The van der Waals surface area contributed by atoms with Crippen molar-refractivity contribution in [1.29, 1.82) is 0 Å². The molecule has 2 rings (SSSR count). The average molecular weight is 299 g/mol. The molecule has 0 unspecified atom stereocenters. The van der Waals surface area contributed by atoms with Crippen molar-refractivity contribution >= 4 is 17.7 Å². The number of carbonyl (C=O) groups is 1. The van der Waals surface area contributed by atoms with Gasteiger partial charge in [-0.3, -0.25) is 9.79 Å². The number of carbonyl (C=O) groups excluding carboxylic acids is 1. The smallest absolute Gasteiger partial charge is 0.200 e. The molecule has 0 aliphatic carbocycles. The number of rotatable bonds is 5. The molecule has 2 aromatic carbocycles. The van der Waals surface area contributed by atoms with Crippen LogP contribution in [0, 0.1) is 0 Å². The van der Waals surface area contributed by atoms with Crippen molar-refractivity contribution < 1.29 is 19.4 Å². The van der Waals surface area contributed by atoms with Crippen LogP contribution < -0.4 is 9.47 Å². The maximum atomic E-state index is 11.2. The van der Waals surface area contributed by atoms with Gasteiger partial charge in [-0.05, 0) is 43.3 Å². The van der Waals surface area contributed by atoms with Gasteiger partial charge in [-0.1, -0.05) is 0 Å². The fraction of sp³-hybridized carbons (Fsp3) is 0.176. The van der Waals surface area contributed by atoms with Crippen molar-refractivity contribution in [3.63, 3.8) is 0 Å². The summed E-state index contributed by atoms with van der Waals surface area (Å²) in [7, 11) is 2.94. The lowest BCUT2D eigenvalue weighted by Gasteiger charge is -2.09. The number of phenolic OH excluding ortho intramolecular Hbond substituents is 1. The van der Waals surface area contributed by atoms with Crippen LogP contribution in [0.25, 0.3) is 0 Å². The molecule has 5 nitrogen and oxygen atoms in total. The summed E-state index contributed by atoms with van der Waals surface area (Å²) < 4.78 is 10.2. The van der Waals surface area contributed by atoms with E-state index in [-0.39, 0.29) is 11.5 Å². The van der Waals surface area contributed by atoms with Gasteiger partial charge in [0.15, 0.2) is 17.3 Å². The topological polar surface area (TPSA) is 68.1 Å². The van der Waals surface area contributed by atoms with Crippen LogP contribution in [0.15, 0.2) is 41.4 Å². The molecular weight excluding hydrogens is 282 g/mol. The molecule has 22 heavy (non-hydrogen) atoms. The minimum absolute atomic E-state index is 0.0172. The van der Waals surface area contributed by atoms with Crippen LogP contribution in [-0.2, 0) is 0 Å². The first-order valence-corrected chi connectivity index (χ1v) is 6.65. The normalized spacial score (nSPS) is 10.7. The Labute approximate surface area is 128 Å². The number of ketones is 1. The molecule has 0 amide bonds. The number of hydrogen-bond donors (Lipinski definition) is 1. The number of phenols is 1. The highest BCUT2D eigenvalue weighted by atomic mass is 16.5. The van der Waals surface area contributed by atoms with Gasteiger partial charge in [0.1, 0.15) is 0 Å². The van der Waals surface area contributed by atoms with Crippen molar-refractivity contribution in [1.82, 2.24) is 0 Å². The largest absolute Gasteiger partial charge is 0.502 e. The maximum Gasteiger partial charge on any atom is 0.200 e. The fourth-order valence-electron chi connectivity index (χ4n) is 1.92. The summed E-state index contributed by atoms with van der Waals surface area (Å²) in [5, 5.41) is 9.85. The maximum absolute atomic E-state index is 11.2. The SMILES string of the molecule is COc1cc(C=Nc2ccc(C(C)=O)cc2)cc(OC)c1O. The molecule has 0 radical (unpaired) electrons. The van der Waals surface area contributed by atoms with Gasteiger partial charge in [0.05, 0.1) is 19.9 Å². The molecule has 0 spiro atoms. The van der Waals surface area contributed by atoms with Crippen LogP contribution in [0.3, 0.4) is 0 Å². The van der Waals surface area contributed by atoms with Crippen LogP contribution in [0.5, 0.6) is 17.2 Å². The van der Waals surface area contributed by atoms with Gasteiger partial charge in [0.2, 0.25) is 5.75 Å². The number of methoxy groups -OCH3 is 2. The number of hydrogen-bond acceptors (Lipinski definition) is 5. The quantitative estimate of drug-likeness (QED) is 0.679.